The summed E-state index contributed by atoms with van der Waals surface area (Å²) in [6, 6.07) is 0. The summed E-state index contributed by atoms with van der Waals surface area (Å²) in [4.78, 5) is 13.4. The standard InChI is InChI=1S/C9H19NO2S/c1-9(2,12-4)8(11)10(3)6-7-13-5/h6-7H2,1-5H3. The first-order chi connectivity index (χ1) is 5.95. The molecule has 3 nitrogen and oxygen atoms in total. The molecule has 0 spiro atoms. The number of amides is 1. The molecule has 0 aliphatic carbocycles. The minimum atomic E-state index is -0.701. The summed E-state index contributed by atoms with van der Waals surface area (Å²) in [7, 11) is 3.36. The molecule has 0 saturated heterocycles. The maximum atomic E-state index is 11.7. The van der Waals surface area contributed by atoms with E-state index in [1.807, 2.05) is 6.26 Å². The lowest BCUT2D eigenvalue weighted by atomic mass is 10.1. The fraction of sp³-hybridized carbons (Fsp3) is 0.889. The first-order valence-corrected chi connectivity index (χ1v) is 5.64. The number of hydrogen-bond acceptors (Lipinski definition) is 3. The van der Waals surface area contributed by atoms with Crippen LogP contribution < -0.4 is 0 Å². The average molecular weight is 205 g/mol. The molecule has 1 amide bonds. The number of likely N-dealkylation sites (N-methyl/N-ethyl adjacent to an activating group) is 1. The van der Waals surface area contributed by atoms with Crippen molar-refractivity contribution in [2.75, 3.05) is 32.7 Å². The zero-order valence-electron chi connectivity index (χ0n) is 9.09. The molecule has 0 fully saturated rings. The molecule has 78 valence electrons. The highest BCUT2D eigenvalue weighted by Crippen LogP contribution is 2.11. The molecule has 0 bridgehead atoms. The summed E-state index contributed by atoms with van der Waals surface area (Å²) in [6.45, 7) is 4.34. The van der Waals surface area contributed by atoms with Crippen molar-refractivity contribution >= 4 is 17.7 Å². The van der Waals surface area contributed by atoms with Gasteiger partial charge in [0.1, 0.15) is 5.60 Å². The second kappa shape index (κ2) is 5.50. The van der Waals surface area contributed by atoms with Crippen molar-refractivity contribution in [1.29, 1.82) is 0 Å². The average Bonchev–Trinajstić information content (AvgIpc) is 2.12. The van der Waals surface area contributed by atoms with Crippen LogP contribution in [0.5, 0.6) is 0 Å². The van der Waals surface area contributed by atoms with Gasteiger partial charge < -0.3 is 9.64 Å². The Hall–Kier alpha value is -0.220. The van der Waals surface area contributed by atoms with Gasteiger partial charge in [-0.1, -0.05) is 0 Å². The van der Waals surface area contributed by atoms with E-state index in [4.69, 9.17) is 4.74 Å². The zero-order chi connectivity index (χ0) is 10.5. The maximum Gasteiger partial charge on any atom is 0.253 e. The van der Waals surface area contributed by atoms with E-state index in [9.17, 15) is 4.79 Å². The van der Waals surface area contributed by atoms with Gasteiger partial charge in [-0.3, -0.25) is 4.79 Å². The minimum Gasteiger partial charge on any atom is -0.369 e. The fourth-order valence-corrected chi connectivity index (χ4v) is 1.33. The normalized spacial score (nSPS) is 11.5. The lowest BCUT2D eigenvalue weighted by Crippen LogP contribution is -2.45. The van der Waals surface area contributed by atoms with Crippen molar-refractivity contribution < 1.29 is 9.53 Å². The van der Waals surface area contributed by atoms with Crippen LogP contribution in [0.2, 0.25) is 0 Å². The van der Waals surface area contributed by atoms with Crippen LogP contribution in [0.25, 0.3) is 0 Å². The van der Waals surface area contributed by atoms with Gasteiger partial charge in [0.05, 0.1) is 0 Å². The predicted octanol–water partition coefficient (Wildman–Crippen LogP) is 1.23. The van der Waals surface area contributed by atoms with Crippen molar-refractivity contribution in [2.45, 2.75) is 19.4 Å². The van der Waals surface area contributed by atoms with Gasteiger partial charge in [-0.05, 0) is 20.1 Å². The van der Waals surface area contributed by atoms with Crippen molar-refractivity contribution in [3.8, 4) is 0 Å². The molecule has 0 rings (SSSR count). The van der Waals surface area contributed by atoms with E-state index in [1.54, 1.807) is 44.7 Å². The van der Waals surface area contributed by atoms with Crippen molar-refractivity contribution in [3.05, 3.63) is 0 Å². The molecule has 0 aliphatic rings. The van der Waals surface area contributed by atoms with E-state index in [0.29, 0.717) is 0 Å². The van der Waals surface area contributed by atoms with Crippen LogP contribution in [0, 0.1) is 0 Å². The number of hydrogen-bond donors (Lipinski definition) is 0. The summed E-state index contributed by atoms with van der Waals surface area (Å²) in [5.74, 6) is 0.992. The summed E-state index contributed by atoms with van der Waals surface area (Å²) >= 11 is 1.73. The molecular weight excluding hydrogens is 186 g/mol. The van der Waals surface area contributed by atoms with E-state index in [1.165, 1.54) is 0 Å². The van der Waals surface area contributed by atoms with Crippen molar-refractivity contribution in [2.24, 2.45) is 0 Å². The highest BCUT2D eigenvalue weighted by Gasteiger charge is 2.29. The monoisotopic (exact) mass is 205 g/mol. The van der Waals surface area contributed by atoms with Gasteiger partial charge in [0.15, 0.2) is 0 Å². The second-order valence-electron chi connectivity index (χ2n) is 3.43. The molecule has 0 radical (unpaired) electrons. The summed E-state index contributed by atoms with van der Waals surface area (Å²) < 4.78 is 5.10. The van der Waals surface area contributed by atoms with Crippen LogP contribution >= 0.6 is 11.8 Å². The lowest BCUT2D eigenvalue weighted by molar-refractivity contribution is -0.149. The zero-order valence-corrected chi connectivity index (χ0v) is 9.90. The molecule has 0 aliphatic heterocycles. The topological polar surface area (TPSA) is 29.5 Å². The summed E-state index contributed by atoms with van der Waals surface area (Å²) in [5, 5.41) is 0. The Labute approximate surface area is 84.8 Å². The van der Waals surface area contributed by atoms with E-state index >= 15 is 0 Å². The Morgan fingerprint density at radius 2 is 2.08 bits per heavy atom. The largest absolute Gasteiger partial charge is 0.369 e. The first-order valence-electron chi connectivity index (χ1n) is 4.25. The lowest BCUT2D eigenvalue weighted by Gasteiger charge is -2.27. The number of thioether (sulfide) groups is 1. The molecule has 0 heterocycles. The van der Waals surface area contributed by atoms with Gasteiger partial charge in [0, 0.05) is 26.5 Å². The summed E-state index contributed by atoms with van der Waals surface area (Å²) in [6.07, 6.45) is 2.03. The van der Waals surface area contributed by atoms with E-state index < -0.39 is 5.60 Å². The third-order valence-electron chi connectivity index (χ3n) is 2.00. The number of carbonyl (C=O) groups excluding carboxylic acids is 1. The van der Waals surface area contributed by atoms with Crippen LogP contribution in [-0.4, -0.2) is 49.1 Å². The Morgan fingerprint density at radius 1 is 1.54 bits per heavy atom. The van der Waals surface area contributed by atoms with Crippen molar-refractivity contribution in [3.63, 3.8) is 0 Å². The molecule has 0 atom stereocenters. The van der Waals surface area contributed by atoms with Gasteiger partial charge in [-0.15, -0.1) is 0 Å². The third-order valence-corrected chi connectivity index (χ3v) is 2.59. The smallest absolute Gasteiger partial charge is 0.253 e. The molecule has 0 unspecified atom stereocenters. The van der Waals surface area contributed by atoms with Gasteiger partial charge >= 0.3 is 0 Å². The second-order valence-corrected chi connectivity index (χ2v) is 4.42. The number of nitrogens with zero attached hydrogens (tertiary/aromatic N) is 1. The molecule has 0 aromatic heterocycles. The fourth-order valence-electron chi connectivity index (χ4n) is 0.877. The third kappa shape index (κ3) is 4.00. The first kappa shape index (κ1) is 12.8. The Kier molecular flexibility index (Phi) is 5.40. The van der Waals surface area contributed by atoms with Crippen LogP contribution in [0.15, 0.2) is 0 Å². The van der Waals surface area contributed by atoms with Gasteiger partial charge in [-0.2, -0.15) is 11.8 Å². The molecule has 13 heavy (non-hydrogen) atoms. The van der Waals surface area contributed by atoms with Gasteiger partial charge in [-0.25, -0.2) is 0 Å². The Morgan fingerprint density at radius 3 is 2.46 bits per heavy atom. The van der Waals surface area contributed by atoms with E-state index in [2.05, 4.69) is 0 Å². The van der Waals surface area contributed by atoms with Crippen LogP contribution in [0.1, 0.15) is 13.8 Å². The molecule has 0 aromatic rings. The highest BCUT2D eigenvalue weighted by molar-refractivity contribution is 7.98. The number of rotatable bonds is 5. The molecule has 0 aromatic carbocycles. The number of carbonyl (C=O) groups is 1. The van der Waals surface area contributed by atoms with Crippen LogP contribution in [-0.2, 0) is 9.53 Å². The Bertz CT molecular complexity index is 171. The van der Waals surface area contributed by atoms with Crippen LogP contribution in [0.4, 0.5) is 0 Å². The molecular formula is C9H19NO2S. The minimum absolute atomic E-state index is 0.0315. The summed E-state index contributed by atoms with van der Waals surface area (Å²) in [5.41, 5.74) is -0.701. The van der Waals surface area contributed by atoms with Gasteiger partial charge in [0.25, 0.3) is 5.91 Å². The van der Waals surface area contributed by atoms with Gasteiger partial charge in [0.2, 0.25) is 0 Å². The molecule has 4 heteroatoms. The number of ether oxygens (including phenoxy) is 1. The Balaban J connectivity index is 4.09. The SMILES string of the molecule is COC(C)(C)C(=O)N(C)CCSC. The molecule has 0 N–H and O–H groups in total. The quantitative estimate of drug-likeness (QED) is 0.676. The highest BCUT2D eigenvalue weighted by atomic mass is 32.2. The van der Waals surface area contributed by atoms with E-state index in [-0.39, 0.29) is 5.91 Å². The molecule has 0 saturated carbocycles. The maximum absolute atomic E-state index is 11.7. The predicted molar refractivity (Wildman–Crippen MR) is 57.1 cm³/mol. The van der Waals surface area contributed by atoms with Crippen molar-refractivity contribution in [1.82, 2.24) is 4.90 Å². The van der Waals surface area contributed by atoms with E-state index in [0.717, 1.165) is 12.3 Å². The van der Waals surface area contributed by atoms with Crippen LogP contribution in [0.3, 0.4) is 0 Å². The number of methoxy groups -OCH3 is 1.